The lowest BCUT2D eigenvalue weighted by Crippen LogP contribution is -2.49. The zero-order valence-corrected chi connectivity index (χ0v) is 29.7. The molecule has 2 amide bonds. The number of methoxy groups -OCH3 is 1. The van der Waals surface area contributed by atoms with E-state index in [1.807, 2.05) is 55.1 Å². The lowest BCUT2D eigenvalue weighted by atomic mass is 9.81. The summed E-state index contributed by atoms with van der Waals surface area (Å²) in [6.07, 6.45) is 6.69. The third-order valence-corrected chi connectivity index (χ3v) is 11.3. The maximum absolute atomic E-state index is 14.0. The second-order valence-corrected chi connectivity index (χ2v) is 14.9. The van der Waals surface area contributed by atoms with Gasteiger partial charge in [-0.1, -0.05) is 25.3 Å². The number of aromatic nitrogens is 1. The third kappa shape index (κ3) is 5.85. The van der Waals surface area contributed by atoms with Crippen LogP contribution in [0.4, 0.5) is 5.69 Å². The Labute approximate surface area is 294 Å². The molecule has 1 N–H and O–H groups in total. The van der Waals surface area contributed by atoms with E-state index in [2.05, 4.69) is 40.0 Å². The molecule has 3 aliphatic heterocycles. The van der Waals surface area contributed by atoms with Gasteiger partial charge in [-0.05, 0) is 93.2 Å². The van der Waals surface area contributed by atoms with Crippen molar-refractivity contribution >= 4 is 34.1 Å². The van der Waals surface area contributed by atoms with E-state index < -0.39 is 5.54 Å². The largest absolute Gasteiger partial charge is 0.497 e. The highest BCUT2D eigenvalue weighted by Gasteiger charge is 2.34. The van der Waals surface area contributed by atoms with E-state index in [9.17, 15) is 9.59 Å². The van der Waals surface area contributed by atoms with E-state index >= 15 is 0 Å². The van der Waals surface area contributed by atoms with Gasteiger partial charge >= 0.3 is 0 Å². The molecule has 0 spiro atoms. The van der Waals surface area contributed by atoms with Gasteiger partial charge in [-0.2, -0.15) is 0 Å². The predicted molar refractivity (Wildman–Crippen MR) is 197 cm³/mol. The molecule has 4 heterocycles. The summed E-state index contributed by atoms with van der Waals surface area (Å²) in [5, 5.41) is 4.53. The second kappa shape index (κ2) is 12.9. The summed E-state index contributed by atoms with van der Waals surface area (Å²) in [6, 6.07) is 18.1. The summed E-state index contributed by atoms with van der Waals surface area (Å²) in [5.74, 6) is 2.03. The first-order valence-corrected chi connectivity index (χ1v) is 18.2. The second-order valence-electron chi connectivity index (χ2n) is 14.9. The summed E-state index contributed by atoms with van der Waals surface area (Å²) in [4.78, 5) is 36.4. The molecule has 260 valence electrons. The van der Waals surface area contributed by atoms with Gasteiger partial charge in [-0.25, -0.2) is 0 Å². The molecule has 2 fully saturated rings. The quantitative estimate of drug-likeness (QED) is 0.239. The topological polar surface area (TPSA) is 88.4 Å². The number of nitrogens with one attached hydrogen (secondary N) is 1. The number of hydrogen-bond donors (Lipinski definition) is 1. The number of carbonyl (C=O) groups is 2. The smallest absolute Gasteiger partial charge is 0.253 e. The van der Waals surface area contributed by atoms with Gasteiger partial charge in [-0.3, -0.25) is 14.6 Å². The van der Waals surface area contributed by atoms with E-state index in [4.69, 9.17) is 14.5 Å². The number of likely N-dealkylation sites (N-methyl/N-ethyl adjacent to an activating group) is 1. The molecule has 50 heavy (non-hydrogen) atoms. The molecule has 0 bridgehead atoms. The van der Waals surface area contributed by atoms with Crippen molar-refractivity contribution in [1.29, 1.82) is 0 Å². The van der Waals surface area contributed by atoms with Crippen molar-refractivity contribution in [1.82, 2.24) is 19.7 Å². The van der Waals surface area contributed by atoms with Gasteiger partial charge in [-0.15, -0.1) is 0 Å². The first-order chi connectivity index (χ1) is 24.2. The third-order valence-electron chi connectivity index (χ3n) is 11.3. The van der Waals surface area contributed by atoms with Gasteiger partial charge in [0.1, 0.15) is 18.1 Å². The van der Waals surface area contributed by atoms with Crippen molar-refractivity contribution in [2.45, 2.75) is 70.4 Å². The molecule has 1 aromatic heterocycles. The molecule has 9 nitrogen and oxygen atoms in total. The van der Waals surface area contributed by atoms with Crippen LogP contribution < -0.4 is 14.8 Å². The molecule has 1 saturated heterocycles. The van der Waals surface area contributed by atoms with Crippen molar-refractivity contribution in [3.05, 3.63) is 76.9 Å². The van der Waals surface area contributed by atoms with Crippen LogP contribution in [-0.2, 0) is 13.0 Å². The molecule has 1 saturated carbocycles. The Bertz CT molecular complexity index is 2010. The Morgan fingerprint density at radius 1 is 0.920 bits per heavy atom. The predicted octanol–water partition coefficient (Wildman–Crippen LogP) is 6.98. The van der Waals surface area contributed by atoms with Gasteiger partial charge in [0, 0.05) is 72.0 Å². The average Bonchev–Trinajstić information content (AvgIpc) is 3.65. The number of piperazine rings is 1. The first-order valence-electron chi connectivity index (χ1n) is 18.2. The van der Waals surface area contributed by atoms with Gasteiger partial charge in [0.2, 0.25) is 0 Å². The van der Waals surface area contributed by atoms with Gasteiger partial charge < -0.3 is 29.2 Å². The molecular formula is C41H47N5O4. The highest BCUT2D eigenvalue weighted by molar-refractivity contribution is 6.07. The number of ether oxygens (including phenoxy) is 2. The first kappa shape index (κ1) is 32.6. The molecule has 4 aromatic rings. The van der Waals surface area contributed by atoms with Crippen LogP contribution in [-0.4, -0.2) is 84.4 Å². The van der Waals surface area contributed by atoms with Gasteiger partial charge in [0.25, 0.3) is 11.8 Å². The normalized spacial score (nSPS) is 18.1. The van der Waals surface area contributed by atoms with Gasteiger partial charge in [0.05, 0.1) is 30.6 Å². The molecule has 4 aliphatic rings. The fraction of sp³-hybridized carbons (Fsp3) is 0.439. The number of aliphatic imine (C=N–C) groups is 1. The number of hydrogen-bond acceptors (Lipinski definition) is 6. The lowest BCUT2D eigenvalue weighted by molar-refractivity contribution is 0.0664. The van der Waals surface area contributed by atoms with Crippen LogP contribution >= 0.6 is 0 Å². The highest BCUT2D eigenvalue weighted by atomic mass is 16.5. The zero-order chi connectivity index (χ0) is 34.6. The average molecular weight is 674 g/mol. The van der Waals surface area contributed by atoms with Crippen LogP contribution in [0.25, 0.3) is 22.2 Å². The van der Waals surface area contributed by atoms with Crippen LogP contribution in [0, 0.1) is 0 Å². The fourth-order valence-electron chi connectivity index (χ4n) is 8.35. The molecule has 8 rings (SSSR count). The number of carbonyl (C=O) groups excluding carboxylic acids is 2. The van der Waals surface area contributed by atoms with Gasteiger partial charge in [0.15, 0.2) is 0 Å². The van der Waals surface area contributed by atoms with E-state index in [1.54, 1.807) is 7.11 Å². The summed E-state index contributed by atoms with van der Waals surface area (Å²) < 4.78 is 14.2. The number of amides is 2. The minimum atomic E-state index is -0.693. The Kier molecular flexibility index (Phi) is 8.42. The molecular weight excluding hydrogens is 626 g/mol. The van der Waals surface area contributed by atoms with E-state index in [1.165, 1.54) is 48.7 Å². The van der Waals surface area contributed by atoms with Crippen LogP contribution in [0.5, 0.6) is 11.5 Å². The van der Waals surface area contributed by atoms with Crippen LogP contribution in [0.1, 0.15) is 83.7 Å². The fourth-order valence-corrected chi connectivity index (χ4v) is 8.35. The standard InChI is InChI=1S/C41H47N5O4/c1-41(2,36-24-29-22-28(11-15-33(29)42-36)40(48)45-18-16-44(3)17-19-45)43-39(47)27-10-13-31-34(23-27)46-20-21-50-35-25-30(49-4)12-14-32(35)38(46)37(31)26-8-6-5-7-9-26/h10-15,22-23,25-26H,5-9,16-21,24H2,1-4H3,(H,43,47). The van der Waals surface area contributed by atoms with Crippen LogP contribution in [0.15, 0.2) is 59.6 Å². The van der Waals surface area contributed by atoms with Crippen molar-refractivity contribution in [3.8, 4) is 22.8 Å². The molecule has 3 aromatic carbocycles. The van der Waals surface area contributed by atoms with E-state index in [0.29, 0.717) is 36.6 Å². The summed E-state index contributed by atoms with van der Waals surface area (Å²) >= 11 is 0. The summed E-state index contributed by atoms with van der Waals surface area (Å²) in [7, 11) is 3.77. The molecule has 9 heteroatoms. The van der Waals surface area contributed by atoms with E-state index in [0.717, 1.165) is 65.7 Å². The highest BCUT2D eigenvalue weighted by Crippen LogP contribution is 2.48. The maximum Gasteiger partial charge on any atom is 0.253 e. The Morgan fingerprint density at radius 2 is 1.70 bits per heavy atom. The summed E-state index contributed by atoms with van der Waals surface area (Å²) in [6.45, 7) is 8.50. The Balaban J connectivity index is 1.07. The van der Waals surface area contributed by atoms with Crippen molar-refractivity contribution < 1.29 is 19.1 Å². The maximum atomic E-state index is 14.0. The summed E-state index contributed by atoms with van der Waals surface area (Å²) in [5.41, 5.74) is 8.15. The minimum absolute atomic E-state index is 0.0713. The Morgan fingerprint density at radius 3 is 2.48 bits per heavy atom. The Hall–Kier alpha value is -4.63. The number of fused-ring (bicyclic) bond motifs is 6. The molecule has 1 aliphatic carbocycles. The van der Waals surface area contributed by atoms with Crippen molar-refractivity contribution in [2.75, 3.05) is 46.9 Å². The zero-order valence-electron chi connectivity index (χ0n) is 29.7. The monoisotopic (exact) mass is 673 g/mol. The molecule has 0 radical (unpaired) electrons. The lowest BCUT2D eigenvalue weighted by Gasteiger charge is -2.32. The molecule has 0 atom stereocenters. The minimum Gasteiger partial charge on any atom is -0.497 e. The molecule has 0 unspecified atom stereocenters. The number of benzene rings is 3. The van der Waals surface area contributed by atoms with E-state index in [-0.39, 0.29) is 11.8 Å². The SMILES string of the molecule is COc1ccc2c(c1)OCCn1c-2c(C2CCCCC2)c2ccc(C(=O)NC(C)(C)C3=Nc4ccc(C(=O)N5CCN(C)CC5)cc4C3)cc21. The number of nitrogens with zero attached hydrogens (tertiary/aromatic N) is 4. The van der Waals surface area contributed by atoms with Crippen molar-refractivity contribution in [3.63, 3.8) is 0 Å². The number of rotatable bonds is 6. The van der Waals surface area contributed by atoms with Crippen molar-refractivity contribution in [2.24, 2.45) is 4.99 Å². The van der Waals surface area contributed by atoms with Crippen LogP contribution in [0.3, 0.4) is 0 Å². The van der Waals surface area contributed by atoms with Crippen LogP contribution in [0.2, 0.25) is 0 Å².